The highest BCUT2D eigenvalue weighted by Gasteiger charge is 2.23. The molecule has 0 unspecified atom stereocenters. The summed E-state index contributed by atoms with van der Waals surface area (Å²) in [7, 11) is 0. The molecule has 0 saturated carbocycles. The summed E-state index contributed by atoms with van der Waals surface area (Å²) >= 11 is 0. The predicted octanol–water partition coefficient (Wildman–Crippen LogP) is 1.66. The van der Waals surface area contributed by atoms with Crippen LogP contribution in [0.1, 0.15) is 27.2 Å². The van der Waals surface area contributed by atoms with Crippen molar-refractivity contribution in [3.63, 3.8) is 0 Å². The van der Waals surface area contributed by atoms with Gasteiger partial charge >= 0.3 is 5.97 Å². The molecule has 10 heavy (non-hydrogen) atoms. The first-order valence-electron chi connectivity index (χ1n) is 3.41. The Morgan fingerprint density at radius 2 is 2.10 bits per heavy atom. The molecule has 1 aliphatic rings. The SMILES string of the molecule is CC(C)(C)OC(=O)C1=CC1. The molecule has 0 aromatic carbocycles. The molecule has 0 radical (unpaired) electrons. The second kappa shape index (κ2) is 2.11. The van der Waals surface area contributed by atoms with Crippen LogP contribution in [0, 0.1) is 0 Å². The van der Waals surface area contributed by atoms with Crippen LogP contribution < -0.4 is 0 Å². The van der Waals surface area contributed by atoms with E-state index >= 15 is 0 Å². The second-order valence-electron chi connectivity index (χ2n) is 3.44. The number of rotatable bonds is 1. The molecule has 0 aliphatic heterocycles. The molecule has 2 heteroatoms. The molecule has 2 nitrogen and oxygen atoms in total. The standard InChI is InChI=1S/C8H12O2/c1-8(2,3)10-7(9)6-4-5-6/h4H,5H2,1-3H3. The summed E-state index contributed by atoms with van der Waals surface area (Å²) < 4.78 is 5.05. The van der Waals surface area contributed by atoms with E-state index in [0.29, 0.717) is 0 Å². The zero-order chi connectivity index (χ0) is 7.78. The monoisotopic (exact) mass is 140 g/mol. The molecule has 0 atom stereocenters. The molecule has 1 aliphatic carbocycles. The van der Waals surface area contributed by atoms with Crippen molar-refractivity contribution < 1.29 is 9.53 Å². The molecule has 0 fully saturated rings. The number of hydrogen-bond donors (Lipinski definition) is 0. The van der Waals surface area contributed by atoms with E-state index in [0.717, 1.165) is 12.0 Å². The molecule has 0 bridgehead atoms. The number of allylic oxidation sites excluding steroid dienone is 1. The summed E-state index contributed by atoms with van der Waals surface area (Å²) in [5, 5.41) is 0. The Hall–Kier alpha value is -0.790. The molecule has 1 rings (SSSR count). The van der Waals surface area contributed by atoms with Crippen LogP contribution in [0.5, 0.6) is 0 Å². The Labute approximate surface area is 60.9 Å². The van der Waals surface area contributed by atoms with Crippen LogP contribution in [-0.2, 0) is 9.53 Å². The van der Waals surface area contributed by atoms with Crippen LogP contribution in [0.4, 0.5) is 0 Å². The van der Waals surface area contributed by atoms with Gasteiger partial charge in [0.15, 0.2) is 0 Å². The van der Waals surface area contributed by atoms with Crippen LogP contribution in [0.2, 0.25) is 0 Å². The van der Waals surface area contributed by atoms with E-state index in [2.05, 4.69) is 0 Å². The average molecular weight is 140 g/mol. The number of ether oxygens (including phenoxy) is 1. The van der Waals surface area contributed by atoms with Gasteiger partial charge in [-0.1, -0.05) is 6.08 Å². The lowest BCUT2D eigenvalue weighted by molar-refractivity contribution is -0.149. The van der Waals surface area contributed by atoms with E-state index in [4.69, 9.17) is 4.74 Å². The number of carbonyl (C=O) groups excluding carboxylic acids is 1. The number of esters is 1. The molecule has 0 aromatic rings. The van der Waals surface area contributed by atoms with Gasteiger partial charge in [-0.05, 0) is 27.2 Å². The van der Waals surface area contributed by atoms with Crippen LogP contribution in [0.25, 0.3) is 0 Å². The van der Waals surface area contributed by atoms with Crippen molar-refractivity contribution in [2.45, 2.75) is 32.8 Å². The predicted molar refractivity (Wildman–Crippen MR) is 38.5 cm³/mol. The van der Waals surface area contributed by atoms with Crippen LogP contribution in [0.3, 0.4) is 0 Å². The molecular weight excluding hydrogens is 128 g/mol. The van der Waals surface area contributed by atoms with Crippen LogP contribution in [0.15, 0.2) is 11.6 Å². The van der Waals surface area contributed by atoms with Gasteiger partial charge in [-0.2, -0.15) is 0 Å². The van der Waals surface area contributed by atoms with Gasteiger partial charge in [0.05, 0.1) is 0 Å². The summed E-state index contributed by atoms with van der Waals surface area (Å²) in [6.07, 6.45) is 2.68. The summed E-state index contributed by atoms with van der Waals surface area (Å²) in [6, 6.07) is 0. The Kier molecular flexibility index (Phi) is 1.55. The Morgan fingerprint density at radius 1 is 1.60 bits per heavy atom. The van der Waals surface area contributed by atoms with Gasteiger partial charge in [0.25, 0.3) is 0 Å². The van der Waals surface area contributed by atoms with Crippen LogP contribution in [-0.4, -0.2) is 11.6 Å². The quantitative estimate of drug-likeness (QED) is 0.518. The van der Waals surface area contributed by atoms with Gasteiger partial charge in [0.1, 0.15) is 5.60 Å². The minimum Gasteiger partial charge on any atom is -0.457 e. The highest BCUT2D eigenvalue weighted by atomic mass is 16.6. The molecule has 0 amide bonds. The third-order valence-electron chi connectivity index (χ3n) is 1.07. The third-order valence-corrected chi connectivity index (χ3v) is 1.07. The van der Waals surface area contributed by atoms with Gasteiger partial charge < -0.3 is 4.74 Å². The van der Waals surface area contributed by atoms with Gasteiger partial charge in [0.2, 0.25) is 0 Å². The largest absolute Gasteiger partial charge is 0.457 e. The van der Waals surface area contributed by atoms with Gasteiger partial charge in [-0.25, -0.2) is 4.79 Å². The van der Waals surface area contributed by atoms with Crippen molar-refractivity contribution in [1.82, 2.24) is 0 Å². The van der Waals surface area contributed by atoms with Gasteiger partial charge in [-0.15, -0.1) is 0 Å². The van der Waals surface area contributed by atoms with Crippen molar-refractivity contribution in [2.24, 2.45) is 0 Å². The Morgan fingerprint density at radius 3 is 2.40 bits per heavy atom. The summed E-state index contributed by atoms with van der Waals surface area (Å²) in [5.41, 5.74) is 0.468. The molecular formula is C8H12O2. The summed E-state index contributed by atoms with van der Waals surface area (Å²) in [4.78, 5) is 10.9. The molecule has 0 spiro atoms. The number of hydrogen-bond acceptors (Lipinski definition) is 2. The first-order chi connectivity index (χ1) is 4.49. The van der Waals surface area contributed by atoms with Crippen LogP contribution >= 0.6 is 0 Å². The molecule has 0 saturated heterocycles. The van der Waals surface area contributed by atoms with Crippen molar-refractivity contribution in [3.8, 4) is 0 Å². The lowest BCUT2D eigenvalue weighted by Gasteiger charge is -2.18. The lowest BCUT2D eigenvalue weighted by atomic mass is 10.2. The fourth-order valence-electron chi connectivity index (χ4n) is 0.561. The first kappa shape index (κ1) is 7.32. The summed E-state index contributed by atoms with van der Waals surface area (Å²) in [6.45, 7) is 5.61. The molecule has 0 aromatic heterocycles. The fourth-order valence-corrected chi connectivity index (χ4v) is 0.561. The normalized spacial score (nSPS) is 16.1. The van der Waals surface area contributed by atoms with E-state index in [1.165, 1.54) is 0 Å². The highest BCUT2D eigenvalue weighted by molar-refractivity contribution is 5.93. The van der Waals surface area contributed by atoms with E-state index in [-0.39, 0.29) is 11.6 Å². The van der Waals surface area contributed by atoms with Gasteiger partial charge in [-0.3, -0.25) is 0 Å². The highest BCUT2D eigenvalue weighted by Crippen LogP contribution is 2.22. The maximum absolute atomic E-state index is 10.9. The van der Waals surface area contributed by atoms with Crippen molar-refractivity contribution in [2.75, 3.05) is 0 Å². The maximum Gasteiger partial charge on any atom is 0.334 e. The van der Waals surface area contributed by atoms with Gasteiger partial charge in [0, 0.05) is 5.57 Å². The van der Waals surface area contributed by atoms with E-state index in [9.17, 15) is 4.79 Å². The third kappa shape index (κ3) is 2.21. The minimum absolute atomic E-state index is 0.160. The van der Waals surface area contributed by atoms with E-state index in [1.807, 2.05) is 26.8 Å². The Balaban J connectivity index is 2.38. The molecule has 0 heterocycles. The van der Waals surface area contributed by atoms with Crippen molar-refractivity contribution in [3.05, 3.63) is 11.6 Å². The lowest BCUT2D eigenvalue weighted by Crippen LogP contribution is -2.23. The zero-order valence-electron chi connectivity index (χ0n) is 6.60. The Bertz CT molecular complexity index is 184. The topological polar surface area (TPSA) is 26.3 Å². The number of carbonyl (C=O) groups is 1. The fraction of sp³-hybridized carbons (Fsp3) is 0.625. The minimum atomic E-state index is -0.347. The maximum atomic E-state index is 10.9. The van der Waals surface area contributed by atoms with Crippen molar-refractivity contribution in [1.29, 1.82) is 0 Å². The first-order valence-corrected chi connectivity index (χ1v) is 3.41. The summed E-state index contributed by atoms with van der Waals surface area (Å²) in [5.74, 6) is -0.160. The van der Waals surface area contributed by atoms with E-state index < -0.39 is 0 Å². The van der Waals surface area contributed by atoms with E-state index in [1.54, 1.807) is 0 Å². The molecule has 0 N–H and O–H groups in total. The average Bonchev–Trinajstić information content (AvgIpc) is 2.35. The van der Waals surface area contributed by atoms with Crippen molar-refractivity contribution >= 4 is 5.97 Å². The second-order valence-corrected chi connectivity index (χ2v) is 3.44. The smallest absolute Gasteiger partial charge is 0.334 e. The molecule has 56 valence electrons. The zero-order valence-corrected chi connectivity index (χ0v) is 6.60.